The molecule has 84 valence electrons. The first-order valence-corrected chi connectivity index (χ1v) is 6.02. The van der Waals surface area contributed by atoms with Gasteiger partial charge in [0.05, 0.1) is 17.5 Å². The van der Waals surface area contributed by atoms with E-state index in [1.54, 1.807) is 16.0 Å². The van der Waals surface area contributed by atoms with Gasteiger partial charge in [0.2, 0.25) is 5.13 Å². The molecule has 5 nitrogen and oxygen atoms in total. The van der Waals surface area contributed by atoms with E-state index in [1.807, 2.05) is 18.5 Å². The largest absolute Gasteiger partial charge is 0.387 e. The third-order valence-corrected chi connectivity index (χ3v) is 3.56. The summed E-state index contributed by atoms with van der Waals surface area (Å²) in [5, 5.41) is 20.2. The zero-order valence-electron chi connectivity index (χ0n) is 8.84. The molecule has 3 rings (SSSR count). The maximum absolute atomic E-state index is 9.79. The van der Waals surface area contributed by atoms with Gasteiger partial charge in [0.1, 0.15) is 0 Å². The molecule has 0 spiro atoms. The van der Waals surface area contributed by atoms with Gasteiger partial charge in [0.25, 0.3) is 0 Å². The lowest BCUT2D eigenvalue weighted by Gasteiger charge is -2.16. The lowest BCUT2D eigenvalue weighted by molar-refractivity contribution is 0.165. The molecule has 0 fully saturated rings. The summed E-state index contributed by atoms with van der Waals surface area (Å²) in [6, 6.07) is 0. The molecule has 0 radical (unpaired) electrons. The number of fused-ring (bicyclic) bond motifs is 1. The number of aryl methyl sites for hydroxylation is 1. The lowest BCUT2D eigenvalue weighted by Crippen LogP contribution is -2.27. The van der Waals surface area contributed by atoms with Gasteiger partial charge in [-0.25, -0.2) is 9.67 Å². The Hall–Kier alpha value is -1.24. The molecule has 0 saturated heterocycles. The van der Waals surface area contributed by atoms with Crippen molar-refractivity contribution in [3.8, 4) is 5.13 Å². The Morgan fingerprint density at radius 1 is 1.62 bits per heavy atom. The Morgan fingerprint density at radius 3 is 3.19 bits per heavy atom. The molecule has 2 aromatic rings. The number of aromatic nitrogens is 3. The van der Waals surface area contributed by atoms with Crippen LogP contribution in [0.2, 0.25) is 0 Å². The van der Waals surface area contributed by atoms with Gasteiger partial charge in [-0.05, 0) is 6.92 Å². The van der Waals surface area contributed by atoms with Gasteiger partial charge in [-0.15, -0.1) is 11.3 Å². The van der Waals surface area contributed by atoms with Crippen molar-refractivity contribution in [1.29, 1.82) is 0 Å². The molecular weight excluding hydrogens is 224 g/mol. The molecule has 2 aromatic heterocycles. The first kappa shape index (κ1) is 9.95. The van der Waals surface area contributed by atoms with E-state index >= 15 is 0 Å². The Bertz CT molecular complexity index is 519. The van der Waals surface area contributed by atoms with E-state index in [2.05, 4.69) is 15.4 Å². The standard InChI is InChI=1S/C10H12N4OS/c1-6-5-16-10(12-6)14-4-7-8(13-14)2-11-3-9(7)15/h4-5,9,11,15H,2-3H2,1H3. The van der Waals surface area contributed by atoms with Crippen LogP contribution in [0.1, 0.15) is 23.1 Å². The fourth-order valence-electron chi connectivity index (χ4n) is 1.82. The minimum atomic E-state index is -0.460. The molecule has 1 aliphatic heterocycles. The highest BCUT2D eigenvalue weighted by Crippen LogP contribution is 2.23. The molecule has 16 heavy (non-hydrogen) atoms. The minimum Gasteiger partial charge on any atom is -0.387 e. The summed E-state index contributed by atoms with van der Waals surface area (Å²) in [6.07, 6.45) is 1.41. The van der Waals surface area contributed by atoms with Crippen LogP contribution in [0.5, 0.6) is 0 Å². The average molecular weight is 236 g/mol. The Morgan fingerprint density at radius 2 is 2.50 bits per heavy atom. The van der Waals surface area contributed by atoms with Crippen LogP contribution in [0, 0.1) is 6.92 Å². The van der Waals surface area contributed by atoms with Crippen LogP contribution in [0.25, 0.3) is 5.13 Å². The van der Waals surface area contributed by atoms with Crippen molar-refractivity contribution in [2.75, 3.05) is 6.54 Å². The smallest absolute Gasteiger partial charge is 0.210 e. The van der Waals surface area contributed by atoms with Crippen molar-refractivity contribution < 1.29 is 5.11 Å². The average Bonchev–Trinajstić information content (AvgIpc) is 2.84. The van der Waals surface area contributed by atoms with Gasteiger partial charge in [-0.2, -0.15) is 5.10 Å². The number of β-amino-alcohol motifs (C(OH)–C–C–N with tert-alkyl or cyclic N) is 1. The summed E-state index contributed by atoms with van der Waals surface area (Å²) in [5.41, 5.74) is 2.81. The monoisotopic (exact) mass is 236 g/mol. The highest BCUT2D eigenvalue weighted by atomic mass is 32.1. The van der Waals surface area contributed by atoms with Crippen LogP contribution in [0.3, 0.4) is 0 Å². The van der Waals surface area contributed by atoms with E-state index < -0.39 is 6.10 Å². The van der Waals surface area contributed by atoms with Gasteiger partial charge >= 0.3 is 0 Å². The van der Waals surface area contributed by atoms with Crippen molar-refractivity contribution in [2.45, 2.75) is 19.6 Å². The molecule has 2 N–H and O–H groups in total. The fourth-order valence-corrected chi connectivity index (χ4v) is 2.55. The number of aliphatic hydroxyl groups is 1. The van der Waals surface area contributed by atoms with E-state index in [1.165, 1.54) is 0 Å². The molecule has 0 amide bonds. The van der Waals surface area contributed by atoms with Crippen LogP contribution < -0.4 is 5.32 Å². The molecule has 1 aliphatic rings. The summed E-state index contributed by atoms with van der Waals surface area (Å²) in [7, 11) is 0. The van der Waals surface area contributed by atoms with Gasteiger partial charge < -0.3 is 10.4 Å². The second-order valence-electron chi connectivity index (χ2n) is 3.89. The topological polar surface area (TPSA) is 63.0 Å². The maximum Gasteiger partial charge on any atom is 0.210 e. The van der Waals surface area contributed by atoms with E-state index in [9.17, 15) is 5.11 Å². The molecule has 0 aliphatic carbocycles. The van der Waals surface area contributed by atoms with Crippen molar-refractivity contribution in [2.24, 2.45) is 0 Å². The first-order valence-electron chi connectivity index (χ1n) is 5.14. The van der Waals surface area contributed by atoms with Crippen LogP contribution in [0.4, 0.5) is 0 Å². The predicted molar refractivity (Wildman–Crippen MR) is 60.6 cm³/mol. The summed E-state index contributed by atoms with van der Waals surface area (Å²) in [6.45, 7) is 3.26. The second kappa shape index (κ2) is 3.65. The van der Waals surface area contributed by atoms with Crippen LogP contribution in [0.15, 0.2) is 11.6 Å². The highest BCUT2D eigenvalue weighted by molar-refractivity contribution is 7.12. The van der Waals surface area contributed by atoms with Crippen molar-refractivity contribution >= 4 is 11.3 Å². The van der Waals surface area contributed by atoms with E-state index in [4.69, 9.17) is 0 Å². The van der Waals surface area contributed by atoms with Crippen LogP contribution in [-0.2, 0) is 6.54 Å². The van der Waals surface area contributed by atoms with Crippen LogP contribution in [-0.4, -0.2) is 26.4 Å². The summed E-state index contributed by atoms with van der Waals surface area (Å²) >= 11 is 1.55. The number of hydrogen-bond donors (Lipinski definition) is 2. The number of hydrogen-bond acceptors (Lipinski definition) is 5. The van der Waals surface area contributed by atoms with Gasteiger partial charge in [0, 0.05) is 30.2 Å². The van der Waals surface area contributed by atoms with Gasteiger partial charge in [0.15, 0.2) is 0 Å². The number of thiazole rings is 1. The number of nitrogens with zero attached hydrogens (tertiary/aromatic N) is 3. The Balaban J connectivity index is 2.04. The molecule has 1 atom stereocenters. The molecule has 0 saturated carbocycles. The number of nitrogens with one attached hydrogen (secondary N) is 1. The molecule has 0 aromatic carbocycles. The summed E-state index contributed by atoms with van der Waals surface area (Å²) < 4.78 is 1.75. The Labute approximate surface area is 96.8 Å². The van der Waals surface area contributed by atoms with E-state index in [0.29, 0.717) is 13.1 Å². The second-order valence-corrected chi connectivity index (χ2v) is 4.73. The third-order valence-electron chi connectivity index (χ3n) is 2.62. The zero-order valence-corrected chi connectivity index (χ0v) is 9.66. The van der Waals surface area contributed by atoms with Gasteiger partial charge in [-0.1, -0.05) is 0 Å². The number of rotatable bonds is 1. The highest BCUT2D eigenvalue weighted by Gasteiger charge is 2.21. The van der Waals surface area contributed by atoms with Gasteiger partial charge in [-0.3, -0.25) is 0 Å². The van der Waals surface area contributed by atoms with Crippen molar-refractivity contribution in [3.63, 3.8) is 0 Å². The quantitative estimate of drug-likeness (QED) is 0.768. The SMILES string of the molecule is Cc1csc(-n2cc3c(n2)CNCC3O)n1. The molecule has 3 heterocycles. The van der Waals surface area contributed by atoms with E-state index in [0.717, 1.165) is 22.1 Å². The van der Waals surface area contributed by atoms with Crippen molar-refractivity contribution in [1.82, 2.24) is 20.1 Å². The lowest BCUT2D eigenvalue weighted by atomic mass is 10.1. The van der Waals surface area contributed by atoms with E-state index in [-0.39, 0.29) is 0 Å². The minimum absolute atomic E-state index is 0.460. The number of aliphatic hydroxyl groups excluding tert-OH is 1. The van der Waals surface area contributed by atoms with Crippen molar-refractivity contribution in [3.05, 3.63) is 28.5 Å². The van der Waals surface area contributed by atoms with Crippen LogP contribution >= 0.6 is 11.3 Å². The predicted octanol–water partition coefficient (Wildman–Crippen LogP) is 0.774. The molecule has 6 heteroatoms. The first-order chi connectivity index (χ1) is 7.74. The third kappa shape index (κ3) is 1.55. The normalized spacial score (nSPS) is 19.8. The fraction of sp³-hybridized carbons (Fsp3) is 0.400. The summed E-state index contributed by atoms with van der Waals surface area (Å²) in [5.74, 6) is 0. The zero-order chi connectivity index (χ0) is 11.1. The summed E-state index contributed by atoms with van der Waals surface area (Å²) in [4.78, 5) is 4.37. The maximum atomic E-state index is 9.79. The molecular formula is C10H12N4OS. The Kier molecular flexibility index (Phi) is 2.27. The molecule has 1 unspecified atom stereocenters. The molecule has 0 bridgehead atoms.